The number of aromatic amines is 1. The maximum atomic E-state index is 13.2. The number of hydrogen-bond acceptors (Lipinski definition) is 3. The fraction of sp³-hybridized carbons (Fsp3) is 0.222. The van der Waals surface area contributed by atoms with E-state index in [0.29, 0.717) is 16.7 Å². The van der Waals surface area contributed by atoms with Gasteiger partial charge in [-0.2, -0.15) is 9.84 Å². The van der Waals surface area contributed by atoms with E-state index in [1.807, 2.05) is 48.5 Å². The summed E-state index contributed by atoms with van der Waals surface area (Å²) < 4.78 is 2.20. The number of aromatic nitrogens is 1. The maximum Gasteiger partial charge on any atom is 0.209 e. The third-order valence-corrected chi connectivity index (χ3v) is 6.57. The molecule has 2 aromatic carbocycles. The lowest BCUT2D eigenvalue weighted by Gasteiger charge is -2.22. The average molecular weight is 423 g/mol. The van der Waals surface area contributed by atoms with Crippen molar-refractivity contribution in [3.63, 3.8) is 0 Å². The molecule has 0 radical (unpaired) electrons. The van der Waals surface area contributed by atoms with Crippen LogP contribution in [-0.2, 0) is 10.2 Å². The minimum absolute atomic E-state index is 0.0353. The van der Waals surface area contributed by atoms with Crippen LogP contribution in [0.2, 0.25) is 0 Å². The summed E-state index contributed by atoms with van der Waals surface area (Å²) in [4.78, 5) is 16.3. The molecule has 2 heterocycles. The van der Waals surface area contributed by atoms with Crippen molar-refractivity contribution < 1.29 is 14.5 Å². The summed E-state index contributed by atoms with van der Waals surface area (Å²) in [5.41, 5.74) is 5.63. The molecule has 0 saturated carbocycles. The highest BCUT2D eigenvalue weighted by atomic mass is 16.3. The first-order valence-corrected chi connectivity index (χ1v) is 10.8. The van der Waals surface area contributed by atoms with E-state index in [1.165, 1.54) is 0 Å². The summed E-state index contributed by atoms with van der Waals surface area (Å²) >= 11 is 0. The van der Waals surface area contributed by atoms with Gasteiger partial charge in [-0.1, -0.05) is 25.1 Å². The van der Waals surface area contributed by atoms with E-state index < -0.39 is 5.41 Å². The average Bonchev–Trinajstić information content (AvgIpc) is 3.29. The van der Waals surface area contributed by atoms with E-state index in [4.69, 9.17) is 0 Å². The number of nitrogens with zero attached hydrogens (tertiary/aromatic N) is 2. The predicted molar refractivity (Wildman–Crippen MR) is 125 cm³/mol. The molecule has 1 aliphatic heterocycles. The quantitative estimate of drug-likeness (QED) is 0.442. The summed E-state index contributed by atoms with van der Waals surface area (Å²) in [6.45, 7) is 7.09. The molecular weight excluding hydrogens is 398 g/mol. The van der Waals surface area contributed by atoms with E-state index in [0.717, 1.165) is 46.4 Å². The number of para-hydroxylation sites is 1. The fourth-order valence-corrected chi connectivity index (χ4v) is 4.89. The maximum absolute atomic E-state index is 13.2. The van der Waals surface area contributed by atoms with Crippen LogP contribution in [-0.4, -0.2) is 32.7 Å². The van der Waals surface area contributed by atoms with E-state index in [1.54, 1.807) is 6.20 Å². The molecule has 1 aliphatic carbocycles. The highest BCUT2D eigenvalue weighted by molar-refractivity contribution is 6.41. The molecule has 0 fully saturated rings. The zero-order chi connectivity index (χ0) is 22.6. The Morgan fingerprint density at radius 1 is 1.22 bits per heavy atom. The molecule has 2 N–H and O–H groups in total. The SMILES string of the molecule is CCC[N+]1=C(/C=C2/C(=O)C(c3c[nH]c4ccccc34)=C2O)C(C)(C)c2cc(C#N)ccc21. The molecule has 5 rings (SSSR count). The van der Waals surface area contributed by atoms with E-state index in [2.05, 4.69) is 36.4 Å². The summed E-state index contributed by atoms with van der Waals surface area (Å²) in [6.07, 6.45) is 4.54. The van der Waals surface area contributed by atoms with Crippen molar-refractivity contribution in [2.45, 2.75) is 32.6 Å². The highest BCUT2D eigenvalue weighted by Crippen LogP contribution is 2.44. The molecule has 158 valence electrons. The summed E-state index contributed by atoms with van der Waals surface area (Å²) in [6, 6.07) is 15.7. The van der Waals surface area contributed by atoms with Crippen molar-refractivity contribution in [3.8, 4) is 6.07 Å². The monoisotopic (exact) mass is 422 g/mol. The normalized spacial score (nSPS) is 18.3. The van der Waals surface area contributed by atoms with E-state index >= 15 is 0 Å². The molecule has 1 aromatic heterocycles. The standard InChI is InChI=1S/C27H23N3O2/c1-4-11-30-22-10-9-16(14-28)12-20(22)27(2,3)23(30)13-18-25(31)24(26(18)32)19-15-29-21-8-6-5-7-17(19)21/h5-10,12-13,15H,4,11H2,1-3H3,(H,31,32)/p+1. The third-order valence-electron chi connectivity index (χ3n) is 6.57. The van der Waals surface area contributed by atoms with E-state index in [-0.39, 0.29) is 11.5 Å². The second-order valence-corrected chi connectivity index (χ2v) is 8.86. The van der Waals surface area contributed by atoms with Crippen molar-refractivity contribution in [3.05, 3.63) is 82.8 Å². The van der Waals surface area contributed by atoms with Crippen molar-refractivity contribution in [2.24, 2.45) is 0 Å². The Labute approximate surface area is 186 Å². The van der Waals surface area contributed by atoms with Crippen molar-refractivity contribution in [1.29, 1.82) is 5.26 Å². The minimum Gasteiger partial charge on any atom is -0.506 e. The molecule has 0 saturated heterocycles. The number of nitriles is 1. The van der Waals surface area contributed by atoms with Crippen LogP contribution in [0.4, 0.5) is 5.69 Å². The van der Waals surface area contributed by atoms with Gasteiger partial charge in [0.15, 0.2) is 5.71 Å². The molecule has 0 amide bonds. The second-order valence-electron chi connectivity index (χ2n) is 8.86. The number of allylic oxidation sites excluding steroid dienone is 3. The highest BCUT2D eigenvalue weighted by Gasteiger charge is 2.46. The lowest BCUT2D eigenvalue weighted by Crippen LogP contribution is -2.31. The molecule has 5 nitrogen and oxygen atoms in total. The molecule has 32 heavy (non-hydrogen) atoms. The number of carbonyl (C=O) groups is 1. The number of Topliss-reactive ketones (excluding diaryl/α,β-unsaturated/α-hetero) is 1. The summed E-state index contributed by atoms with van der Waals surface area (Å²) in [5.74, 6) is -0.117. The van der Waals surface area contributed by atoms with Crippen LogP contribution in [0.3, 0.4) is 0 Å². The Bertz CT molecular complexity index is 1440. The molecule has 0 bridgehead atoms. The number of aliphatic hydroxyl groups excluding tert-OH is 1. The zero-order valence-electron chi connectivity index (χ0n) is 18.4. The van der Waals surface area contributed by atoms with E-state index in [9.17, 15) is 15.2 Å². The Morgan fingerprint density at radius 3 is 2.72 bits per heavy atom. The van der Waals surface area contributed by atoms with Crippen LogP contribution in [0.25, 0.3) is 16.5 Å². The number of aliphatic hydroxyl groups is 1. The minimum atomic E-state index is -0.401. The van der Waals surface area contributed by atoms with Crippen LogP contribution in [0.5, 0.6) is 0 Å². The number of H-pyrrole nitrogens is 1. The van der Waals surface area contributed by atoms with Crippen LogP contribution in [0.1, 0.15) is 43.9 Å². The topological polar surface area (TPSA) is 79.9 Å². The van der Waals surface area contributed by atoms with Crippen LogP contribution < -0.4 is 0 Å². The number of fused-ring (bicyclic) bond motifs is 2. The van der Waals surface area contributed by atoms with Gasteiger partial charge in [0.2, 0.25) is 11.5 Å². The van der Waals surface area contributed by atoms with Crippen LogP contribution in [0.15, 0.2) is 66.1 Å². The van der Waals surface area contributed by atoms with Gasteiger partial charge in [-0.15, -0.1) is 0 Å². The van der Waals surface area contributed by atoms with Gasteiger partial charge in [0.1, 0.15) is 12.3 Å². The Morgan fingerprint density at radius 2 is 2.00 bits per heavy atom. The lowest BCUT2D eigenvalue weighted by atomic mass is 9.77. The molecule has 5 heteroatoms. The van der Waals surface area contributed by atoms with Gasteiger partial charge in [0, 0.05) is 46.8 Å². The van der Waals surface area contributed by atoms with Gasteiger partial charge in [-0.05, 0) is 32.0 Å². The van der Waals surface area contributed by atoms with Crippen LogP contribution in [0, 0.1) is 11.3 Å². The Hall–Kier alpha value is -3.91. The fourth-order valence-electron chi connectivity index (χ4n) is 4.89. The number of rotatable bonds is 4. The first-order chi connectivity index (χ1) is 15.4. The van der Waals surface area contributed by atoms with Crippen LogP contribution >= 0.6 is 0 Å². The number of hydrogen-bond donors (Lipinski definition) is 2. The first-order valence-electron chi connectivity index (χ1n) is 10.8. The lowest BCUT2D eigenvalue weighted by molar-refractivity contribution is -0.437. The third kappa shape index (κ3) is 2.69. The largest absolute Gasteiger partial charge is 0.506 e. The number of nitrogens with one attached hydrogen (secondary N) is 1. The second kappa shape index (κ2) is 7.06. The first kappa shape index (κ1) is 20.0. The summed E-state index contributed by atoms with van der Waals surface area (Å²) in [7, 11) is 0. The predicted octanol–water partition coefficient (Wildman–Crippen LogP) is 5.30. The molecule has 3 aromatic rings. The molecule has 0 atom stereocenters. The van der Waals surface area contributed by atoms with Gasteiger partial charge in [0.25, 0.3) is 0 Å². The van der Waals surface area contributed by atoms with Gasteiger partial charge in [-0.25, -0.2) is 0 Å². The number of carbonyl (C=O) groups excluding carboxylic acids is 1. The number of ketones is 1. The smallest absolute Gasteiger partial charge is 0.209 e. The zero-order valence-corrected chi connectivity index (χ0v) is 18.4. The van der Waals surface area contributed by atoms with Crippen molar-refractivity contribution in [2.75, 3.05) is 6.54 Å². The molecule has 0 spiro atoms. The van der Waals surface area contributed by atoms with Crippen molar-refractivity contribution >= 4 is 33.7 Å². The molecule has 0 unspecified atom stereocenters. The summed E-state index contributed by atoms with van der Waals surface area (Å²) in [5, 5.41) is 21.2. The molecule has 2 aliphatic rings. The number of benzene rings is 2. The van der Waals surface area contributed by atoms with Gasteiger partial charge >= 0.3 is 0 Å². The Kier molecular flexibility index (Phi) is 4.42. The molecular formula is C27H24N3O2+. The Balaban J connectivity index is 1.63. The van der Waals surface area contributed by atoms with Crippen molar-refractivity contribution in [1.82, 2.24) is 4.98 Å². The van der Waals surface area contributed by atoms with Gasteiger partial charge in [-0.3, -0.25) is 4.79 Å². The van der Waals surface area contributed by atoms with Gasteiger partial charge in [0.05, 0.1) is 28.2 Å². The van der Waals surface area contributed by atoms with Gasteiger partial charge < -0.3 is 10.1 Å².